The molecular formula is C12H24N2O3. The summed E-state index contributed by atoms with van der Waals surface area (Å²) in [6, 6.07) is 0.442. The molecule has 0 aromatic heterocycles. The Morgan fingerprint density at radius 1 is 1.47 bits per heavy atom. The van der Waals surface area contributed by atoms with Gasteiger partial charge in [-0.2, -0.15) is 0 Å². The highest BCUT2D eigenvalue weighted by molar-refractivity contribution is 5.78. The van der Waals surface area contributed by atoms with Crippen molar-refractivity contribution in [2.75, 3.05) is 0 Å². The molecule has 2 amide bonds. The number of hydrogen-bond acceptors (Lipinski definition) is 3. The molecule has 0 spiro atoms. The van der Waals surface area contributed by atoms with Crippen LogP contribution in [0, 0.1) is 5.92 Å². The van der Waals surface area contributed by atoms with Crippen LogP contribution in [-0.4, -0.2) is 23.6 Å². The molecule has 0 aliphatic carbocycles. The van der Waals surface area contributed by atoms with Gasteiger partial charge in [0, 0.05) is 12.5 Å². The first-order chi connectivity index (χ1) is 7.61. The van der Waals surface area contributed by atoms with Gasteiger partial charge in [0.25, 0.3) is 0 Å². The molecule has 1 atom stereocenters. The average Bonchev–Trinajstić information content (AvgIpc) is 2.47. The molecule has 100 valence electrons. The molecule has 17 heavy (non-hydrogen) atoms. The summed E-state index contributed by atoms with van der Waals surface area (Å²) in [6.07, 6.45) is 1.02. The van der Waals surface area contributed by atoms with Crippen molar-refractivity contribution in [2.45, 2.75) is 59.1 Å². The van der Waals surface area contributed by atoms with Crippen molar-refractivity contribution in [3.05, 3.63) is 0 Å². The summed E-state index contributed by atoms with van der Waals surface area (Å²) in [6.45, 7) is 9.56. The van der Waals surface area contributed by atoms with E-state index in [9.17, 15) is 9.59 Å². The summed E-state index contributed by atoms with van der Waals surface area (Å²) in [5.41, 5.74) is 4.26. The highest BCUT2D eigenvalue weighted by Gasteiger charge is 2.22. The minimum Gasteiger partial charge on any atom is -0.444 e. The smallest absolute Gasteiger partial charge is 0.405 e. The molecule has 1 aliphatic rings. The van der Waals surface area contributed by atoms with Crippen molar-refractivity contribution in [2.24, 2.45) is 11.7 Å². The van der Waals surface area contributed by atoms with E-state index in [2.05, 4.69) is 23.9 Å². The van der Waals surface area contributed by atoms with Crippen LogP contribution in [0.3, 0.4) is 0 Å². The van der Waals surface area contributed by atoms with Crippen LogP contribution in [0.25, 0.3) is 0 Å². The predicted molar refractivity (Wildman–Crippen MR) is 66.4 cm³/mol. The van der Waals surface area contributed by atoms with E-state index in [1.165, 1.54) is 0 Å². The van der Waals surface area contributed by atoms with Crippen LogP contribution in [-0.2, 0) is 9.53 Å². The fraction of sp³-hybridized carbons (Fsp3) is 0.833. The van der Waals surface area contributed by atoms with Gasteiger partial charge in [-0.3, -0.25) is 4.79 Å². The first-order valence-electron chi connectivity index (χ1n) is 5.89. The standard InChI is InChI=1S/C7H13NO.C5H11NO2/c1-5(2)6-3-4-7(9)8-6;1-5(2,3)8-4(6)7/h5-6H,3-4H2,1-2H3,(H,8,9);1-3H3,(H2,6,7). The lowest BCUT2D eigenvalue weighted by Crippen LogP contribution is -2.29. The lowest BCUT2D eigenvalue weighted by Gasteiger charge is -2.16. The Bertz CT molecular complexity index is 269. The first kappa shape index (κ1) is 15.7. The van der Waals surface area contributed by atoms with Gasteiger partial charge in [0.05, 0.1) is 0 Å². The Morgan fingerprint density at radius 3 is 2.12 bits per heavy atom. The van der Waals surface area contributed by atoms with Gasteiger partial charge in [0.1, 0.15) is 5.60 Å². The molecule has 1 saturated heterocycles. The molecule has 5 nitrogen and oxygen atoms in total. The Labute approximate surface area is 103 Å². The summed E-state index contributed by atoms with van der Waals surface area (Å²) in [4.78, 5) is 20.7. The number of primary amides is 1. The number of nitrogens with one attached hydrogen (secondary N) is 1. The van der Waals surface area contributed by atoms with E-state index in [1.807, 2.05) is 0 Å². The van der Waals surface area contributed by atoms with E-state index in [4.69, 9.17) is 5.73 Å². The van der Waals surface area contributed by atoms with E-state index in [0.29, 0.717) is 12.0 Å². The van der Waals surface area contributed by atoms with Crippen molar-refractivity contribution >= 4 is 12.0 Å². The average molecular weight is 244 g/mol. The lowest BCUT2D eigenvalue weighted by molar-refractivity contribution is -0.119. The van der Waals surface area contributed by atoms with E-state index in [1.54, 1.807) is 20.8 Å². The summed E-state index contributed by atoms with van der Waals surface area (Å²) >= 11 is 0. The maximum atomic E-state index is 10.6. The van der Waals surface area contributed by atoms with Gasteiger partial charge in [-0.25, -0.2) is 4.79 Å². The third-order valence-corrected chi connectivity index (χ3v) is 2.24. The lowest BCUT2D eigenvalue weighted by atomic mass is 10.0. The van der Waals surface area contributed by atoms with Gasteiger partial charge < -0.3 is 15.8 Å². The molecule has 3 N–H and O–H groups in total. The van der Waals surface area contributed by atoms with Crippen LogP contribution < -0.4 is 11.1 Å². The normalized spacial score (nSPS) is 19.4. The van der Waals surface area contributed by atoms with Crippen molar-refractivity contribution in [1.82, 2.24) is 5.32 Å². The van der Waals surface area contributed by atoms with Crippen LogP contribution in [0.2, 0.25) is 0 Å². The topological polar surface area (TPSA) is 81.4 Å². The predicted octanol–water partition coefficient (Wildman–Crippen LogP) is 1.80. The second-order valence-electron chi connectivity index (χ2n) is 5.49. The highest BCUT2D eigenvalue weighted by atomic mass is 16.6. The number of rotatable bonds is 1. The molecule has 1 unspecified atom stereocenters. The first-order valence-corrected chi connectivity index (χ1v) is 5.89. The van der Waals surface area contributed by atoms with E-state index in [0.717, 1.165) is 12.8 Å². The molecule has 0 aromatic carbocycles. The minimum absolute atomic E-state index is 0.216. The number of hydrogen-bond donors (Lipinski definition) is 2. The molecule has 0 radical (unpaired) electrons. The second-order valence-corrected chi connectivity index (χ2v) is 5.49. The molecule has 0 saturated carbocycles. The molecule has 1 fully saturated rings. The third-order valence-electron chi connectivity index (χ3n) is 2.24. The zero-order valence-corrected chi connectivity index (χ0v) is 11.4. The van der Waals surface area contributed by atoms with Crippen molar-refractivity contribution in [3.8, 4) is 0 Å². The summed E-state index contributed by atoms with van der Waals surface area (Å²) in [5.74, 6) is 0.810. The monoisotopic (exact) mass is 244 g/mol. The van der Waals surface area contributed by atoms with Crippen molar-refractivity contribution in [3.63, 3.8) is 0 Å². The number of nitrogens with two attached hydrogens (primary N) is 1. The zero-order chi connectivity index (χ0) is 13.6. The van der Waals surface area contributed by atoms with E-state index < -0.39 is 11.7 Å². The largest absolute Gasteiger partial charge is 0.444 e. The van der Waals surface area contributed by atoms with E-state index >= 15 is 0 Å². The third kappa shape index (κ3) is 8.54. The molecule has 1 heterocycles. The van der Waals surface area contributed by atoms with Crippen LogP contribution in [0.4, 0.5) is 4.79 Å². The molecule has 5 heteroatoms. The van der Waals surface area contributed by atoms with Crippen LogP contribution in [0.5, 0.6) is 0 Å². The maximum absolute atomic E-state index is 10.6. The summed E-state index contributed by atoms with van der Waals surface area (Å²) in [5, 5.41) is 2.91. The Balaban J connectivity index is 0.000000304. The highest BCUT2D eigenvalue weighted by Crippen LogP contribution is 2.13. The molecular weight excluding hydrogens is 220 g/mol. The van der Waals surface area contributed by atoms with Gasteiger partial charge in [-0.15, -0.1) is 0 Å². The number of carbonyl (C=O) groups excluding carboxylic acids is 2. The summed E-state index contributed by atoms with van der Waals surface area (Å²) < 4.78 is 4.58. The Morgan fingerprint density at radius 2 is 2.00 bits per heavy atom. The second kappa shape index (κ2) is 6.47. The van der Waals surface area contributed by atoms with Crippen LogP contribution >= 0.6 is 0 Å². The SMILES string of the molecule is CC(C)(C)OC(N)=O.CC(C)C1CCC(=O)N1. The van der Waals surface area contributed by atoms with Crippen LogP contribution in [0.1, 0.15) is 47.5 Å². The van der Waals surface area contributed by atoms with Gasteiger partial charge in [-0.05, 0) is 33.1 Å². The number of carbonyl (C=O) groups is 2. The van der Waals surface area contributed by atoms with E-state index in [-0.39, 0.29) is 5.91 Å². The van der Waals surface area contributed by atoms with Crippen LogP contribution in [0.15, 0.2) is 0 Å². The fourth-order valence-corrected chi connectivity index (χ4v) is 1.44. The molecule has 1 aliphatic heterocycles. The molecule has 0 aromatic rings. The zero-order valence-electron chi connectivity index (χ0n) is 11.4. The number of amides is 2. The van der Waals surface area contributed by atoms with Crippen molar-refractivity contribution in [1.29, 1.82) is 0 Å². The number of ether oxygens (including phenoxy) is 1. The van der Waals surface area contributed by atoms with Gasteiger partial charge in [-0.1, -0.05) is 13.8 Å². The molecule has 0 bridgehead atoms. The van der Waals surface area contributed by atoms with Gasteiger partial charge >= 0.3 is 6.09 Å². The fourth-order valence-electron chi connectivity index (χ4n) is 1.44. The minimum atomic E-state index is -0.725. The molecule has 1 rings (SSSR count). The maximum Gasteiger partial charge on any atom is 0.405 e. The Kier molecular flexibility index (Phi) is 5.99. The quantitative estimate of drug-likeness (QED) is 0.738. The van der Waals surface area contributed by atoms with Gasteiger partial charge in [0.2, 0.25) is 5.91 Å². The summed E-state index contributed by atoms with van der Waals surface area (Å²) in [7, 11) is 0. The van der Waals surface area contributed by atoms with Crippen molar-refractivity contribution < 1.29 is 14.3 Å². The van der Waals surface area contributed by atoms with Gasteiger partial charge in [0.15, 0.2) is 0 Å². The Hall–Kier alpha value is -1.26.